The average molecular weight is 319 g/mol. The quantitative estimate of drug-likeness (QED) is 0.687. The van der Waals surface area contributed by atoms with E-state index in [-0.39, 0.29) is 18.7 Å². The fourth-order valence-corrected chi connectivity index (χ4v) is 3.11. The number of aliphatic hydroxyl groups is 1. The van der Waals surface area contributed by atoms with Crippen LogP contribution in [0.4, 0.5) is 4.79 Å². The topological polar surface area (TPSA) is 64.6 Å². The lowest BCUT2D eigenvalue weighted by Crippen LogP contribution is -2.46. The number of likely N-dealkylation sites (tertiary alicyclic amines) is 1. The Kier molecular flexibility index (Phi) is 7.36. The van der Waals surface area contributed by atoms with Gasteiger partial charge >= 0.3 is 6.03 Å². The molecule has 2 atom stereocenters. The highest BCUT2D eigenvalue weighted by molar-refractivity contribution is 5.74. The van der Waals surface area contributed by atoms with Crippen molar-refractivity contribution < 1.29 is 9.90 Å². The van der Waals surface area contributed by atoms with Crippen LogP contribution < -0.4 is 10.6 Å². The molecule has 0 radical (unpaired) electrons. The van der Waals surface area contributed by atoms with E-state index in [0.717, 1.165) is 32.4 Å². The number of rotatable bonds is 8. The molecule has 128 valence electrons. The van der Waals surface area contributed by atoms with E-state index in [1.807, 2.05) is 13.0 Å². The minimum Gasteiger partial charge on any atom is -0.396 e. The van der Waals surface area contributed by atoms with Crippen molar-refractivity contribution in [2.24, 2.45) is 0 Å². The molecule has 1 aliphatic heterocycles. The van der Waals surface area contributed by atoms with E-state index in [4.69, 9.17) is 5.11 Å². The van der Waals surface area contributed by atoms with Gasteiger partial charge in [-0.1, -0.05) is 30.3 Å². The first-order valence-electron chi connectivity index (χ1n) is 8.62. The lowest BCUT2D eigenvalue weighted by atomic mass is 10.2. The van der Waals surface area contributed by atoms with Crippen LogP contribution in [-0.4, -0.2) is 47.8 Å². The second kappa shape index (κ2) is 9.53. The summed E-state index contributed by atoms with van der Waals surface area (Å²) in [5.41, 5.74) is 1.32. The molecular weight excluding hydrogens is 290 g/mol. The highest BCUT2D eigenvalue weighted by Gasteiger charge is 2.24. The predicted molar refractivity (Wildman–Crippen MR) is 92.2 cm³/mol. The zero-order valence-electron chi connectivity index (χ0n) is 14.0. The number of carbonyl (C=O) groups is 1. The number of aliphatic hydroxyl groups excluding tert-OH is 1. The number of nitrogens with zero attached hydrogens (tertiary/aromatic N) is 1. The summed E-state index contributed by atoms with van der Waals surface area (Å²) < 4.78 is 0. The smallest absolute Gasteiger partial charge is 0.315 e. The Balaban J connectivity index is 1.72. The van der Waals surface area contributed by atoms with Crippen molar-refractivity contribution in [3.63, 3.8) is 0 Å². The number of hydrogen-bond acceptors (Lipinski definition) is 3. The number of amides is 2. The molecule has 0 aromatic heterocycles. The molecule has 1 aromatic carbocycles. The standard InChI is InChI=1S/C18H29N3O2/c1-15(7-6-12-22)20-18(23)19-13-17-10-5-11-21(17)14-16-8-3-2-4-9-16/h2-4,8-9,15,17,22H,5-7,10-14H2,1H3,(H2,19,20,23). The van der Waals surface area contributed by atoms with Crippen molar-refractivity contribution in [2.45, 2.75) is 51.2 Å². The monoisotopic (exact) mass is 319 g/mol. The summed E-state index contributed by atoms with van der Waals surface area (Å²) in [5.74, 6) is 0. The van der Waals surface area contributed by atoms with Gasteiger partial charge in [0.15, 0.2) is 0 Å². The van der Waals surface area contributed by atoms with Crippen molar-refractivity contribution in [3.8, 4) is 0 Å². The van der Waals surface area contributed by atoms with Gasteiger partial charge in [-0.05, 0) is 44.7 Å². The van der Waals surface area contributed by atoms with E-state index >= 15 is 0 Å². The van der Waals surface area contributed by atoms with Crippen molar-refractivity contribution in [1.29, 1.82) is 0 Å². The first kappa shape index (κ1) is 17.8. The third-order valence-electron chi connectivity index (χ3n) is 4.40. The first-order valence-corrected chi connectivity index (χ1v) is 8.62. The maximum Gasteiger partial charge on any atom is 0.315 e. The van der Waals surface area contributed by atoms with Gasteiger partial charge in [0.2, 0.25) is 0 Å². The van der Waals surface area contributed by atoms with Gasteiger partial charge in [0.1, 0.15) is 0 Å². The Hall–Kier alpha value is -1.59. The first-order chi connectivity index (χ1) is 11.2. The molecule has 5 nitrogen and oxygen atoms in total. The van der Waals surface area contributed by atoms with E-state index < -0.39 is 0 Å². The molecule has 1 saturated heterocycles. The fraction of sp³-hybridized carbons (Fsp3) is 0.611. The Bertz CT molecular complexity index is 467. The van der Waals surface area contributed by atoms with Crippen molar-refractivity contribution in [1.82, 2.24) is 15.5 Å². The highest BCUT2D eigenvalue weighted by atomic mass is 16.3. The molecule has 3 N–H and O–H groups in total. The Morgan fingerprint density at radius 3 is 2.91 bits per heavy atom. The van der Waals surface area contributed by atoms with Crippen LogP contribution in [0.5, 0.6) is 0 Å². The lowest BCUT2D eigenvalue weighted by molar-refractivity contribution is 0.218. The molecule has 1 aliphatic rings. The van der Waals surface area contributed by atoms with Gasteiger partial charge < -0.3 is 15.7 Å². The fourth-order valence-electron chi connectivity index (χ4n) is 3.11. The minimum atomic E-state index is -0.109. The van der Waals surface area contributed by atoms with Crippen LogP contribution in [0.25, 0.3) is 0 Å². The maximum absolute atomic E-state index is 11.9. The number of nitrogens with one attached hydrogen (secondary N) is 2. The molecule has 2 amide bonds. The van der Waals surface area contributed by atoms with Crippen LogP contribution in [0.3, 0.4) is 0 Å². The zero-order chi connectivity index (χ0) is 16.5. The third-order valence-corrected chi connectivity index (χ3v) is 4.40. The van der Waals surface area contributed by atoms with E-state index in [0.29, 0.717) is 12.6 Å². The summed E-state index contributed by atoms with van der Waals surface area (Å²) >= 11 is 0. The second-order valence-electron chi connectivity index (χ2n) is 6.37. The molecule has 1 fully saturated rings. The van der Waals surface area contributed by atoms with Gasteiger partial charge in [0, 0.05) is 31.8 Å². The van der Waals surface area contributed by atoms with Crippen LogP contribution in [0.15, 0.2) is 30.3 Å². The van der Waals surface area contributed by atoms with Gasteiger partial charge in [0.25, 0.3) is 0 Å². The van der Waals surface area contributed by atoms with Crippen molar-refractivity contribution in [2.75, 3.05) is 19.7 Å². The molecule has 1 aromatic rings. The number of urea groups is 1. The molecule has 0 saturated carbocycles. The summed E-state index contributed by atoms with van der Waals surface area (Å²) in [5, 5.41) is 14.7. The van der Waals surface area contributed by atoms with E-state index in [1.165, 1.54) is 12.0 Å². The van der Waals surface area contributed by atoms with Crippen LogP contribution in [0.1, 0.15) is 38.2 Å². The van der Waals surface area contributed by atoms with Gasteiger partial charge in [-0.25, -0.2) is 4.79 Å². The Morgan fingerprint density at radius 1 is 1.39 bits per heavy atom. The van der Waals surface area contributed by atoms with Crippen LogP contribution in [0, 0.1) is 0 Å². The summed E-state index contributed by atoms with van der Waals surface area (Å²) in [7, 11) is 0. The predicted octanol–water partition coefficient (Wildman–Crippen LogP) is 2.11. The van der Waals surface area contributed by atoms with E-state index in [2.05, 4.69) is 39.8 Å². The molecule has 0 bridgehead atoms. The van der Waals surface area contributed by atoms with Gasteiger partial charge in [-0.2, -0.15) is 0 Å². The van der Waals surface area contributed by atoms with E-state index in [9.17, 15) is 4.79 Å². The largest absolute Gasteiger partial charge is 0.396 e. The Morgan fingerprint density at radius 2 is 2.17 bits per heavy atom. The van der Waals surface area contributed by atoms with Crippen molar-refractivity contribution >= 4 is 6.03 Å². The summed E-state index contributed by atoms with van der Waals surface area (Å²) in [6.45, 7) is 4.86. The molecule has 2 unspecified atom stereocenters. The van der Waals surface area contributed by atoms with Gasteiger partial charge in [0.05, 0.1) is 0 Å². The lowest BCUT2D eigenvalue weighted by Gasteiger charge is -2.25. The number of hydrogen-bond donors (Lipinski definition) is 3. The normalized spacial score (nSPS) is 19.5. The molecule has 2 rings (SSSR count). The van der Waals surface area contributed by atoms with Gasteiger partial charge in [-0.3, -0.25) is 4.90 Å². The average Bonchev–Trinajstić information content (AvgIpc) is 2.99. The summed E-state index contributed by atoms with van der Waals surface area (Å²) in [4.78, 5) is 14.4. The van der Waals surface area contributed by atoms with E-state index in [1.54, 1.807) is 0 Å². The Labute approximate surface area is 139 Å². The SMILES string of the molecule is CC(CCCO)NC(=O)NCC1CCCN1Cc1ccccc1. The highest BCUT2D eigenvalue weighted by Crippen LogP contribution is 2.19. The number of benzene rings is 1. The second-order valence-corrected chi connectivity index (χ2v) is 6.37. The third kappa shape index (κ3) is 6.20. The molecular formula is C18H29N3O2. The molecule has 5 heteroatoms. The molecule has 1 heterocycles. The summed E-state index contributed by atoms with van der Waals surface area (Å²) in [6, 6.07) is 10.9. The molecule has 0 aliphatic carbocycles. The van der Waals surface area contributed by atoms with Crippen LogP contribution in [-0.2, 0) is 6.54 Å². The van der Waals surface area contributed by atoms with Gasteiger partial charge in [-0.15, -0.1) is 0 Å². The van der Waals surface area contributed by atoms with Crippen LogP contribution in [0.2, 0.25) is 0 Å². The minimum absolute atomic E-state index is 0.0890. The maximum atomic E-state index is 11.9. The van der Waals surface area contributed by atoms with Crippen LogP contribution >= 0.6 is 0 Å². The van der Waals surface area contributed by atoms with Crippen molar-refractivity contribution in [3.05, 3.63) is 35.9 Å². The molecule has 0 spiro atoms. The zero-order valence-corrected chi connectivity index (χ0v) is 14.0. The number of carbonyl (C=O) groups excluding carboxylic acids is 1. The summed E-state index contributed by atoms with van der Waals surface area (Å²) in [6.07, 6.45) is 3.84. The molecule has 23 heavy (non-hydrogen) atoms.